The molecular formula is C11H9NO3S. The Morgan fingerprint density at radius 2 is 2.19 bits per heavy atom. The number of non-ortho nitro benzene ring substituents is 1. The van der Waals surface area contributed by atoms with E-state index in [4.69, 9.17) is 4.74 Å². The summed E-state index contributed by atoms with van der Waals surface area (Å²) in [7, 11) is 1.59. The molecule has 0 radical (unpaired) electrons. The molecule has 1 heterocycles. The quantitative estimate of drug-likeness (QED) is 0.605. The maximum atomic E-state index is 10.7. The van der Waals surface area contributed by atoms with Crippen LogP contribution in [0.15, 0.2) is 35.7 Å². The van der Waals surface area contributed by atoms with Crippen molar-refractivity contribution < 1.29 is 9.66 Å². The zero-order valence-electron chi connectivity index (χ0n) is 8.54. The van der Waals surface area contributed by atoms with E-state index in [1.807, 2.05) is 17.5 Å². The number of hydrogen-bond donors (Lipinski definition) is 0. The zero-order chi connectivity index (χ0) is 11.5. The summed E-state index contributed by atoms with van der Waals surface area (Å²) in [5, 5.41) is 12.6. The molecule has 82 valence electrons. The fourth-order valence-corrected chi connectivity index (χ4v) is 2.29. The van der Waals surface area contributed by atoms with E-state index in [0.717, 1.165) is 16.2 Å². The molecule has 5 heteroatoms. The van der Waals surface area contributed by atoms with Crippen molar-refractivity contribution in [2.24, 2.45) is 0 Å². The molecule has 1 aromatic heterocycles. The van der Waals surface area contributed by atoms with Gasteiger partial charge in [-0.3, -0.25) is 10.1 Å². The fraction of sp³-hybridized carbons (Fsp3) is 0.0909. The highest BCUT2D eigenvalue weighted by Crippen LogP contribution is 2.36. The van der Waals surface area contributed by atoms with Gasteiger partial charge in [0.05, 0.1) is 16.9 Å². The molecule has 0 saturated heterocycles. The summed E-state index contributed by atoms with van der Waals surface area (Å²) < 4.78 is 5.18. The SMILES string of the molecule is COc1ccsc1-c1cccc([N+](=O)[O-])c1. The maximum absolute atomic E-state index is 10.7. The van der Waals surface area contributed by atoms with Crippen LogP contribution in [0.25, 0.3) is 10.4 Å². The van der Waals surface area contributed by atoms with Crippen LogP contribution in [0.5, 0.6) is 5.75 Å². The minimum Gasteiger partial charge on any atom is -0.495 e. The van der Waals surface area contributed by atoms with Crippen molar-refractivity contribution in [3.8, 4) is 16.2 Å². The molecule has 0 aliphatic heterocycles. The van der Waals surface area contributed by atoms with Gasteiger partial charge in [-0.15, -0.1) is 11.3 Å². The van der Waals surface area contributed by atoms with Gasteiger partial charge in [0.2, 0.25) is 0 Å². The second-order valence-electron chi connectivity index (χ2n) is 3.13. The van der Waals surface area contributed by atoms with E-state index in [1.165, 1.54) is 17.4 Å². The third-order valence-corrected chi connectivity index (χ3v) is 3.11. The molecule has 0 aliphatic carbocycles. The summed E-state index contributed by atoms with van der Waals surface area (Å²) in [6.07, 6.45) is 0. The number of methoxy groups -OCH3 is 1. The van der Waals surface area contributed by atoms with Crippen LogP contribution in [0.1, 0.15) is 0 Å². The van der Waals surface area contributed by atoms with Crippen LogP contribution in [-0.4, -0.2) is 12.0 Å². The van der Waals surface area contributed by atoms with Gasteiger partial charge in [-0.05, 0) is 11.4 Å². The van der Waals surface area contributed by atoms with Crippen molar-refractivity contribution in [3.63, 3.8) is 0 Å². The van der Waals surface area contributed by atoms with Gasteiger partial charge in [-0.1, -0.05) is 12.1 Å². The van der Waals surface area contributed by atoms with Crippen LogP contribution >= 0.6 is 11.3 Å². The second-order valence-corrected chi connectivity index (χ2v) is 4.04. The van der Waals surface area contributed by atoms with Gasteiger partial charge in [-0.25, -0.2) is 0 Å². The second kappa shape index (κ2) is 4.32. The van der Waals surface area contributed by atoms with Gasteiger partial charge in [-0.2, -0.15) is 0 Å². The molecule has 2 aromatic rings. The monoisotopic (exact) mass is 235 g/mol. The number of hydrogen-bond acceptors (Lipinski definition) is 4. The number of ether oxygens (including phenoxy) is 1. The predicted molar refractivity (Wildman–Crippen MR) is 63.0 cm³/mol. The molecule has 0 spiro atoms. The molecule has 0 fully saturated rings. The van der Waals surface area contributed by atoms with Crippen molar-refractivity contribution in [3.05, 3.63) is 45.8 Å². The first-order valence-corrected chi connectivity index (χ1v) is 5.46. The summed E-state index contributed by atoms with van der Waals surface area (Å²) in [4.78, 5) is 11.2. The number of benzene rings is 1. The Kier molecular flexibility index (Phi) is 2.87. The molecule has 0 atom stereocenters. The summed E-state index contributed by atoms with van der Waals surface area (Å²) in [6.45, 7) is 0. The van der Waals surface area contributed by atoms with E-state index < -0.39 is 4.92 Å². The topological polar surface area (TPSA) is 52.4 Å². The first kappa shape index (κ1) is 10.6. The number of thiophene rings is 1. The lowest BCUT2D eigenvalue weighted by atomic mass is 10.1. The summed E-state index contributed by atoms with van der Waals surface area (Å²) in [6, 6.07) is 8.38. The van der Waals surface area contributed by atoms with Gasteiger partial charge in [0.25, 0.3) is 5.69 Å². The van der Waals surface area contributed by atoms with Crippen LogP contribution in [0, 0.1) is 10.1 Å². The molecule has 0 unspecified atom stereocenters. The van der Waals surface area contributed by atoms with Crippen molar-refractivity contribution in [1.82, 2.24) is 0 Å². The third kappa shape index (κ3) is 1.90. The normalized spacial score (nSPS) is 10.1. The number of nitro groups is 1. The van der Waals surface area contributed by atoms with E-state index in [2.05, 4.69) is 0 Å². The fourth-order valence-electron chi connectivity index (χ4n) is 1.43. The van der Waals surface area contributed by atoms with Gasteiger partial charge in [0, 0.05) is 17.7 Å². The largest absolute Gasteiger partial charge is 0.495 e. The average molecular weight is 235 g/mol. The molecule has 0 aliphatic rings. The molecular weight excluding hydrogens is 226 g/mol. The Balaban J connectivity index is 2.48. The number of nitrogens with zero attached hydrogens (tertiary/aromatic N) is 1. The molecule has 0 amide bonds. The minimum atomic E-state index is -0.399. The van der Waals surface area contributed by atoms with E-state index in [0.29, 0.717) is 0 Å². The average Bonchev–Trinajstić information content (AvgIpc) is 2.77. The summed E-state index contributed by atoms with van der Waals surface area (Å²) >= 11 is 1.50. The minimum absolute atomic E-state index is 0.0907. The van der Waals surface area contributed by atoms with E-state index in [1.54, 1.807) is 19.2 Å². The lowest BCUT2D eigenvalue weighted by molar-refractivity contribution is -0.384. The Labute approximate surface area is 96.3 Å². The number of rotatable bonds is 3. The van der Waals surface area contributed by atoms with Crippen LogP contribution in [0.4, 0.5) is 5.69 Å². The maximum Gasteiger partial charge on any atom is 0.270 e. The van der Waals surface area contributed by atoms with Crippen molar-refractivity contribution >= 4 is 17.0 Å². The van der Waals surface area contributed by atoms with Crippen molar-refractivity contribution in [2.45, 2.75) is 0 Å². The van der Waals surface area contributed by atoms with E-state index >= 15 is 0 Å². The first-order valence-electron chi connectivity index (χ1n) is 4.58. The highest BCUT2D eigenvalue weighted by Gasteiger charge is 2.11. The highest BCUT2D eigenvalue weighted by molar-refractivity contribution is 7.14. The number of nitro benzene ring substituents is 1. The third-order valence-electron chi connectivity index (χ3n) is 2.17. The molecule has 2 rings (SSSR count). The van der Waals surface area contributed by atoms with Gasteiger partial charge < -0.3 is 4.74 Å². The molecule has 16 heavy (non-hydrogen) atoms. The standard InChI is InChI=1S/C11H9NO3S/c1-15-10-5-6-16-11(10)8-3-2-4-9(7-8)12(13)14/h2-7H,1H3. The van der Waals surface area contributed by atoms with E-state index in [-0.39, 0.29) is 5.69 Å². The van der Waals surface area contributed by atoms with Crippen LogP contribution in [0.2, 0.25) is 0 Å². The van der Waals surface area contributed by atoms with Crippen molar-refractivity contribution in [1.29, 1.82) is 0 Å². The lowest BCUT2D eigenvalue weighted by Gasteiger charge is -2.02. The van der Waals surface area contributed by atoms with Gasteiger partial charge >= 0.3 is 0 Å². The van der Waals surface area contributed by atoms with Crippen LogP contribution in [0.3, 0.4) is 0 Å². The molecule has 0 N–H and O–H groups in total. The lowest BCUT2D eigenvalue weighted by Crippen LogP contribution is -1.88. The first-order chi connectivity index (χ1) is 7.72. The van der Waals surface area contributed by atoms with E-state index in [9.17, 15) is 10.1 Å². The Bertz CT molecular complexity index is 521. The smallest absolute Gasteiger partial charge is 0.270 e. The Hall–Kier alpha value is -1.88. The summed E-state index contributed by atoms with van der Waals surface area (Å²) in [5.41, 5.74) is 0.897. The predicted octanol–water partition coefficient (Wildman–Crippen LogP) is 3.33. The van der Waals surface area contributed by atoms with Gasteiger partial charge in [0.15, 0.2) is 0 Å². The van der Waals surface area contributed by atoms with Crippen molar-refractivity contribution in [2.75, 3.05) is 7.11 Å². The highest BCUT2D eigenvalue weighted by atomic mass is 32.1. The summed E-state index contributed by atoms with van der Waals surface area (Å²) in [5.74, 6) is 0.741. The zero-order valence-corrected chi connectivity index (χ0v) is 9.36. The molecule has 0 bridgehead atoms. The van der Waals surface area contributed by atoms with Gasteiger partial charge in [0.1, 0.15) is 5.75 Å². The van der Waals surface area contributed by atoms with Crippen LogP contribution < -0.4 is 4.74 Å². The molecule has 4 nitrogen and oxygen atoms in total. The molecule has 0 saturated carbocycles. The van der Waals surface area contributed by atoms with Crippen LogP contribution in [-0.2, 0) is 0 Å². The Morgan fingerprint density at radius 3 is 2.88 bits per heavy atom. The Morgan fingerprint density at radius 1 is 1.38 bits per heavy atom. The molecule has 1 aromatic carbocycles.